The lowest BCUT2D eigenvalue weighted by Gasteiger charge is -2.33. The minimum atomic E-state index is -1.02. The Bertz CT molecular complexity index is 287. The van der Waals surface area contributed by atoms with Gasteiger partial charge in [0.2, 0.25) is 0 Å². The summed E-state index contributed by atoms with van der Waals surface area (Å²) in [5.41, 5.74) is -1.02. The van der Waals surface area contributed by atoms with Gasteiger partial charge in [-0.25, -0.2) is 0 Å². The first kappa shape index (κ1) is 13.0. The molecule has 16 heavy (non-hydrogen) atoms. The van der Waals surface area contributed by atoms with Crippen molar-refractivity contribution >= 4 is 0 Å². The molecule has 0 fully saturated rings. The molecule has 1 atom stereocenters. The van der Waals surface area contributed by atoms with Crippen LogP contribution in [0, 0.1) is 5.41 Å². The Labute approximate surface area is 95.1 Å². The van der Waals surface area contributed by atoms with E-state index in [1.807, 2.05) is 18.2 Å². The third kappa shape index (κ3) is 2.72. The van der Waals surface area contributed by atoms with Crippen LogP contribution in [0.4, 0.5) is 0 Å². The molecule has 1 unspecified atom stereocenters. The first-order valence-electron chi connectivity index (χ1n) is 5.23. The van der Waals surface area contributed by atoms with Gasteiger partial charge in [0.05, 0.1) is 25.2 Å². The van der Waals surface area contributed by atoms with Crippen molar-refractivity contribution < 1.29 is 20.1 Å². The minimum Gasteiger partial charge on any atom is -0.490 e. The van der Waals surface area contributed by atoms with E-state index in [0.29, 0.717) is 5.75 Å². The van der Waals surface area contributed by atoms with Gasteiger partial charge in [0, 0.05) is 0 Å². The van der Waals surface area contributed by atoms with E-state index in [2.05, 4.69) is 0 Å². The van der Waals surface area contributed by atoms with Gasteiger partial charge in [-0.2, -0.15) is 0 Å². The summed E-state index contributed by atoms with van der Waals surface area (Å²) in [7, 11) is 0. The molecule has 0 spiro atoms. The maximum atomic E-state index is 9.22. The summed E-state index contributed by atoms with van der Waals surface area (Å²) in [6, 6.07) is 9.11. The lowest BCUT2D eigenvalue weighted by molar-refractivity contribution is -0.0649. The summed E-state index contributed by atoms with van der Waals surface area (Å²) in [4.78, 5) is 0. The molecule has 0 aliphatic heterocycles. The highest BCUT2D eigenvalue weighted by Gasteiger charge is 2.36. The Balaban J connectivity index is 2.73. The second-order valence-electron chi connectivity index (χ2n) is 3.91. The monoisotopic (exact) mass is 226 g/mol. The molecule has 0 aromatic heterocycles. The molecule has 1 rings (SSSR count). The quantitative estimate of drug-likeness (QED) is 0.657. The first-order valence-corrected chi connectivity index (χ1v) is 5.23. The summed E-state index contributed by atoms with van der Waals surface area (Å²) >= 11 is 0. The Kier molecular flexibility index (Phi) is 4.73. The number of hydrogen-bond acceptors (Lipinski definition) is 4. The number of hydrogen-bond donors (Lipinski definition) is 3. The third-order valence-electron chi connectivity index (χ3n) is 2.86. The van der Waals surface area contributed by atoms with Gasteiger partial charge in [-0.15, -0.1) is 0 Å². The van der Waals surface area contributed by atoms with Crippen LogP contribution in [0.25, 0.3) is 0 Å². The van der Waals surface area contributed by atoms with Crippen LogP contribution in [-0.4, -0.2) is 41.2 Å². The maximum absolute atomic E-state index is 9.22. The molecule has 0 radical (unpaired) electrons. The summed E-state index contributed by atoms with van der Waals surface area (Å²) < 4.78 is 5.57. The van der Waals surface area contributed by atoms with E-state index < -0.39 is 11.5 Å². The van der Waals surface area contributed by atoms with Crippen molar-refractivity contribution in [1.29, 1.82) is 0 Å². The van der Waals surface area contributed by atoms with E-state index in [-0.39, 0.29) is 19.8 Å². The average Bonchev–Trinajstić information content (AvgIpc) is 2.33. The second-order valence-corrected chi connectivity index (χ2v) is 3.91. The number of rotatable bonds is 6. The fourth-order valence-corrected chi connectivity index (χ4v) is 1.36. The van der Waals surface area contributed by atoms with Crippen molar-refractivity contribution in [2.45, 2.75) is 13.0 Å². The molecule has 1 aromatic carbocycles. The molecule has 1 aromatic rings. The molecule has 0 amide bonds. The van der Waals surface area contributed by atoms with Gasteiger partial charge in [-0.05, 0) is 19.1 Å². The van der Waals surface area contributed by atoms with E-state index in [1.165, 1.54) is 0 Å². The summed E-state index contributed by atoms with van der Waals surface area (Å²) in [6.07, 6.45) is -0.477. The van der Waals surface area contributed by atoms with Crippen LogP contribution in [0.1, 0.15) is 6.92 Å². The number of benzene rings is 1. The molecule has 0 saturated carbocycles. The fraction of sp³-hybridized carbons (Fsp3) is 0.500. The Hall–Kier alpha value is -1.10. The number of aliphatic hydroxyl groups is 3. The number of aliphatic hydroxyl groups excluding tert-OH is 3. The fourth-order valence-electron chi connectivity index (χ4n) is 1.36. The second kappa shape index (κ2) is 5.84. The van der Waals surface area contributed by atoms with Crippen LogP contribution < -0.4 is 4.74 Å². The molecule has 0 aliphatic carbocycles. The maximum Gasteiger partial charge on any atom is 0.119 e. The van der Waals surface area contributed by atoms with Gasteiger partial charge < -0.3 is 20.1 Å². The normalized spacial score (nSPS) is 13.5. The number of para-hydroxylation sites is 1. The minimum absolute atomic E-state index is 0.325. The van der Waals surface area contributed by atoms with Crippen LogP contribution >= 0.6 is 0 Å². The van der Waals surface area contributed by atoms with E-state index in [9.17, 15) is 15.3 Å². The first-order chi connectivity index (χ1) is 7.68. The smallest absolute Gasteiger partial charge is 0.119 e. The highest BCUT2D eigenvalue weighted by Crippen LogP contribution is 2.25. The highest BCUT2D eigenvalue weighted by molar-refractivity contribution is 5.21. The highest BCUT2D eigenvalue weighted by atomic mass is 16.5. The van der Waals surface area contributed by atoms with Crippen molar-refractivity contribution in [2.24, 2.45) is 5.41 Å². The van der Waals surface area contributed by atoms with E-state index in [4.69, 9.17) is 4.74 Å². The van der Waals surface area contributed by atoms with Gasteiger partial charge in [0.1, 0.15) is 11.9 Å². The van der Waals surface area contributed by atoms with Gasteiger partial charge >= 0.3 is 0 Å². The molecule has 0 saturated heterocycles. The van der Waals surface area contributed by atoms with Crippen molar-refractivity contribution in [3.05, 3.63) is 30.3 Å². The largest absolute Gasteiger partial charge is 0.490 e. The number of ether oxygens (including phenoxy) is 1. The van der Waals surface area contributed by atoms with Crippen LogP contribution in [0.15, 0.2) is 30.3 Å². The topological polar surface area (TPSA) is 69.9 Å². The molecule has 4 heteroatoms. The molecule has 0 aliphatic rings. The molecule has 90 valence electrons. The van der Waals surface area contributed by atoms with Crippen LogP contribution in [0.2, 0.25) is 0 Å². The van der Waals surface area contributed by atoms with Crippen molar-refractivity contribution in [3.63, 3.8) is 0 Å². The van der Waals surface area contributed by atoms with Gasteiger partial charge in [0.25, 0.3) is 0 Å². The van der Waals surface area contributed by atoms with E-state index in [0.717, 1.165) is 0 Å². The standard InChI is InChI=1S/C12H18O4/c1-10(12(7-13,8-14)9-15)16-11-5-3-2-4-6-11/h2-6,10,13-15H,7-9H2,1H3. The molecular formula is C12H18O4. The summed E-state index contributed by atoms with van der Waals surface area (Å²) in [6.45, 7) is 0.742. The van der Waals surface area contributed by atoms with Crippen molar-refractivity contribution in [2.75, 3.05) is 19.8 Å². The predicted octanol–water partition coefficient (Wildman–Crippen LogP) is 0.417. The zero-order chi connectivity index (χ0) is 12.0. The molecular weight excluding hydrogens is 208 g/mol. The summed E-state index contributed by atoms with van der Waals surface area (Å²) in [5.74, 6) is 0.648. The van der Waals surface area contributed by atoms with Gasteiger partial charge in [-0.1, -0.05) is 18.2 Å². The van der Waals surface area contributed by atoms with Crippen molar-refractivity contribution in [3.8, 4) is 5.75 Å². The zero-order valence-corrected chi connectivity index (χ0v) is 9.34. The van der Waals surface area contributed by atoms with Crippen LogP contribution in [-0.2, 0) is 0 Å². The Morgan fingerprint density at radius 1 is 1.06 bits per heavy atom. The van der Waals surface area contributed by atoms with E-state index >= 15 is 0 Å². The molecule has 0 bridgehead atoms. The molecule has 4 nitrogen and oxygen atoms in total. The lowest BCUT2D eigenvalue weighted by Crippen LogP contribution is -2.46. The SMILES string of the molecule is CC(Oc1ccccc1)C(CO)(CO)CO. The summed E-state index contributed by atoms with van der Waals surface area (Å²) in [5, 5.41) is 27.7. The van der Waals surface area contributed by atoms with Crippen LogP contribution in [0.5, 0.6) is 5.75 Å². The van der Waals surface area contributed by atoms with Gasteiger partial charge in [0.15, 0.2) is 0 Å². The zero-order valence-electron chi connectivity index (χ0n) is 9.34. The lowest BCUT2D eigenvalue weighted by atomic mass is 9.85. The predicted molar refractivity (Wildman–Crippen MR) is 60.2 cm³/mol. The average molecular weight is 226 g/mol. The Morgan fingerprint density at radius 3 is 2.00 bits per heavy atom. The Morgan fingerprint density at radius 2 is 1.56 bits per heavy atom. The van der Waals surface area contributed by atoms with E-state index in [1.54, 1.807) is 19.1 Å². The van der Waals surface area contributed by atoms with Gasteiger partial charge in [-0.3, -0.25) is 0 Å². The third-order valence-corrected chi connectivity index (χ3v) is 2.86. The molecule has 3 N–H and O–H groups in total. The van der Waals surface area contributed by atoms with Crippen LogP contribution in [0.3, 0.4) is 0 Å². The molecule has 0 heterocycles. The van der Waals surface area contributed by atoms with Crippen molar-refractivity contribution in [1.82, 2.24) is 0 Å².